The Kier molecular flexibility index (Phi) is 3.94. The first kappa shape index (κ1) is 16.1. The Morgan fingerprint density at radius 3 is 2.84 bits per heavy atom. The molecule has 5 nitrogen and oxygen atoms in total. The number of aromatic nitrogens is 2. The third-order valence-electron chi connectivity index (χ3n) is 5.71. The summed E-state index contributed by atoms with van der Waals surface area (Å²) in [5.41, 5.74) is 3.68. The molecule has 1 fully saturated rings. The highest BCUT2D eigenvalue weighted by Crippen LogP contribution is 2.59. The maximum absolute atomic E-state index is 12.3. The summed E-state index contributed by atoms with van der Waals surface area (Å²) in [6.45, 7) is 0.713. The number of hydrogen-bond acceptors (Lipinski definition) is 4. The quantitative estimate of drug-likeness (QED) is 0.932. The summed E-state index contributed by atoms with van der Waals surface area (Å²) in [5, 5.41) is 11.2. The van der Waals surface area contributed by atoms with E-state index in [9.17, 15) is 4.79 Å². The van der Waals surface area contributed by atoms with Gasteiger partial charge >= 0.3 is 0 Å². The van der Waals surface area contributed by atoms with Gasteiger partial charge in [0, 0.05) is 26.1 Å². The summed E-state index contributed by atoms with van der Waals surface area (Å²) < 4.78 is 0. The van der Waals surface area contributed by atoms with Gasteiger partial charge in [-0.15, -0.1) is 10.2 Å². The minimum atomic E-state index is -0.135. The Labute approximate surface area is 148 Å². The monoisotopic (exact) mass is 336 g/mol. The lowest BCUT2D eigenvalue weighted by molar-refractivity contribution is 0.0945. The Bertz CT molecular complexity index is 787. The van der Waals surface area contributed by atoms with E-state index in [1.807, 2.05) is 25.1 Å². The zero-order chi connectivity index (χ0) is 17.4. The number of hydrogen-bond donors (Lipinski definition) is 1. The number of rotatable bonds is 4. The van der Waals surface area contributed by atoms with Gasteiger partial charge in [0.1, 0.15) is 0 Å². The van der Waals surface area contributed by atoms with Crippen molar-refractivity contribution in [1.29, 1.82) is 0 Å². The average Bonchev–Trinajstić information content (AvgIpc) is 3.33. The molecule has 1 spiro atoms. The van der Waals surface area contributed by atoms with Gasteiger partial charge in [-0.1, -0.05) is 24.3 Å². The molecule has 5 heteroatoms. The Hall–Kier alpha value is -2.43. The van der Waals surface area contributed by atoms with Gasteiger partial charge < -0.3 is 10.2 Å². The van der Waals surface area contributed by atoms with Gasteiger partial charge in [0.2, 0.25) is 0 Å². The highest BCUT2D eigenvalue weighted by Gasteiger charge is 2.56. The lowest BCUT2D eigenvalue weighted by Gasteiger charge is -2.26. The first-order valence-corrected chi connectivity index (χ1v) is 8.98. The second-order valence-corrected chi connectivity index (χ2v) is 7.45. The zero-order valence-electron chi connectivity index (χ0n) is 14.8. The van der Waals surface area contributed by atoms with Crippen LogP contribution in [0.1, 0.15) is 40.9 Å². The molecule has 25 heavy (non-hydrogen) atoms. The number of aryl methyl sites for hydroxylation is 1. The molecule has 0 aliphatic heterocycles. The lowest BCUT2D eigenvalue weighted by atomic mass is 9.78. The van der Waals surface area contributed by atoms with E-state index in [0.717, 1.165) is 5.82 Å². The van der Waals surface area contributed by atoms with Gasteiger partial charge in [-0.25, -0.2) is 0 Å². The third kappa shape index (κ3) is 2.88. The van der Waals surface area contributed by atoms with Crippen molar-refractivity contribution < 1.29 is 4.79 Å². The van der Waals surface area contributed by atoms with Crippen LogP contribution in [0.25, 0.3) is 0 Å². The minimum absolute atomic E-state index is 0.135. The van der Waals surface area contributed by atoms with Crippen LogP contribution < -0.4 is 10.2 Å². The minimum Gasteiger partial charge on any atom is -0.361 e. The van der Waals surface area contributed by atoms with E-state index >= 15 is 0 Å². The largest absolute Gasteiger partial charge is 0.361 e. The number of nitrogens with zero attached hydrogens (tertiary/aromatic N) is 3. The van der Waals surface area contributed by atoms with Crippen molar-refractivity contribution in [2.24, 2.45) is 5.92 Å². The molecule has 0 bridgehead atoms. The van der Waals surface area contributed by atoms with E-state index < -0.39 is 0 Å². The van der Waals surface area contributed by atoms with E-state index in [-0.39, 0.29) is 5.91 Å². The maximum atomic E-state index is 12.3. The lowest BCUT2D eigenvalue weighted by Crippen LogP contribution is -2.30. The van der Waals surface area contributed by atoms with Crippen LogP contribution in [0.3, 0.4) is 0 Å². The molecule has 130 valence electrons. The molecule has 0 radical (unpaired) electrons. The highest BCUT2D eigenvalue weighted by atomic mass is 16.1. The van der Waals surface area contributed by atoms with Crippen LogP contribution >= 0.6 is 0 Å². The van der Waals surface area contributed by atoms with E-state index in [0.29, 0.717) is 23.6 Å². The topological polar surface area (TPSA) is 58.1 Å². The maximum Gasteiger partial charge on any atom is 0.271 e. The Morgan fingerprint density at radius 2 is 2.08 bits per heavy atom. The molecule has 1 aromatic heterocycles. The molecule has 2 aliphatic carbocycles. The van der Waals surface area contributed by atoms with Crippen molar-refractivity contribution in [3.05, 3.63) is 53.2 Å². The summed E-state index contributed by atoms with van der Waals surface area (Å²) >= 11 is 0. The third-order valence-corrected chi connectivity index (χ3v) is 5.71. The van der Waals surface area contributed by atoms with Crippen LogP contribution in [0, 0.1) is 5.92 Å². The second kappa shape index (κ2) is 6.14. The van der Waals surface area contributed by atoms with Crippen LogP contribution in [0.5, 0.6) is 0 Å². The molecule has 2 aliphatic rings. The first-order valence-electron chi connectivity index (χ1n) is 8.98. The van der Waals surface area contributed by atoms with Crippen molar-refractivity contribution >= 4 is 11.7 Å². The zero-order valence-corrected chi connectivity index (χ0v) is 14.8. The predicted molar refractivity (Wildman–Crippen MR) is 97.9 cm³/mol. The van der Waals surface area contributed by atoms with Crippen LogP contribution in [0.2, 0.25) is 0 Å². The molecule has 2 atom stereocenters. The number of nitrogens with one attached hydrogen (secondary N) is 1. The van der Waals surface area contributed by atoms with Crippen LogP contribution in [-0.2, 0) is 11.8 Å². The summed E-state index contributed by atoms with van der Waals surface area (Å²) in [4.78, 5) is 14.2. The summed E-state index contributed by atoms with van der Waals surface area (Å²) in [7, 11) is 3.80. The SMILES string of the molecule is CN(C)c1ccc(C(=O)NC[C@H]2C[C@]23CCCc2ccccc23)nn1. The molecule has 0 saturated heterocycles. The van der Waals surface area contributed by atoms with Crippen LogP contribution in [-0.4, -0.2) is 36.7 Å². The summed E-state index contributed by atoms with van der Waals surface area (Å²) in [6, 6.07) is 12.4. The summed E-state index contributed by atoms with van der Waals surface area (Å²) in [6.07, 6.45) is 4.85. The van der Waals surface area contributed by atoms with Gasteiger partial charge in [-0.2, -0.15) is 0 Å². The molecule has 1 N–H and O–H groups in total. The van der Waals surface area contributed by atoms with Crippen molar-refractivity contribution in [2.75, 3.05) is 25.5 Å². The number of amides is 1. The second-order valence-electron chi connectivity index (χ2n) is 7.45. The molecule has 1 aromatic carbocycles. The molecule has 1 heterocycles. The number of fused-ring (bicyclic) bond motifs is 2. The van der Waals surface area contributed by atoms with Crippen molar-refractivity contribution in [2.45, 2.75) is 31.1 Å². The van der Waals surface area contributed by atoms with Crippen molar-refractivity contribution in [3.8, 4) is 0 Å². The smallest absolute Gasteiger partial charge is 0.271 e. The van der Waals surface area contributed by atoms with Gasteiger partial charge in [0.15, 0.2) is 11.5 Å². The molecule has 1 amide bonds. The molecule has 1 saturated carbocycles. The van der Waals surface area contributed by atoms with Gasteiger partial charge in [0.25, 0.3) is 5.91 Å². The normalized spacial score (nSPS) is 23.8. The molecule has 0 unspecified atom stereocenters. The van der Waals surface area contributed by atoms with E-state index in [4.69, 9.17) is 0 Å². The Morgan fingerprint density at radius 1 is 1.24 bits per heavy atom. The fourth-order valence-electron chi connectivity index (χ4n) is 4.23. The van der Waals surface area contributed by atoms with E-state index in [1.165, 1.54) is 36.8 Å². The van der Waals surface area contributed by atoms with E-state index in [1.54, 1.807) is 6.07 Å². The fraction of sp³-hybridized carbons (Fsp3) is 0.450. The fourth-order valence-corrected chi connectivity index (χ4v) is 4.23. The number of anilines is 1. The Balaban J connectivity index is 1.40. The van der Waals surface area contributed by atoms with Gasteiger partial charge in [0.05, 0.1) is 0 Å². The predicted octanol–water partition coefficient (Wildman–Crippen LogP) is 2.57. The first-order chi connectivity index (χ1) is 12.1. The standard InChI is InChI=1S/C20H24N4O/c1-24(2)18-10-9-17(22-23-18)19(25)21-13-15-12-20(15)11-5-7-14-6-3-4-8-16(14)20/h3-4,6,8-10,15H,5,7,11-13H2,1-2H3,(H,21,25)/t15-,20-/m1/s1. The number of carbonyl (C=O) groups is 1. The van der Waals surface area contributed by atoms with Gasteiger partial charge in [-0.05, 0) is 54.9 Å². The van der Waals surface area contributed by atoms with Crippen LogP contribution in [0.4, 0.5) is 5.82 Å². The molecule has 2 aromatic rings. The molecular weight excluding hydrogens is 312 g/mol. The van der Waals surface area contributed by atoms with E-state index in [2.05, 4.69) is 39.8 Å². The number of benzene rings is 1. The summed E-state index contributed by atoms with van der Waals surface area (Å²) in [5.74, 6) is 1.15. The van der Waals surface area contributed by atoms with Crippen molar-refractivity contribution in [1.82, 2.24) is 15.5 Å². The molecule has 4 rings (SSSR count). The highest BCUT2D eigenvalue weighted by molar-refractivity contribution is 5.92. The number of carbonyl (C=O) groups excluding carboxylic acids is 1. The van der Waals surface area contributed by atoms with Crippen LogP contribution in [0.15, 0.2) is 36.4 Å². The van der Waals surface area contributed by atoms with Crippen molar-refractivity contribution in [3.63, 3.8) is 0 Å². The molecular formula is C20H24N4O. The average molecular weight is 336 g/mol. The van der Waals surface area contributed by atoms with Gasteiger partial charge in [-0.3, -0.25) is 4.79 Å².